The Kier molecular flexibility index (Phi) is 2.23. The third kappa shape index (κ3) is 3.02. The van der Waals surface area contributed by atoms with Crippen LogP contribution in [0, 0.1) is 0 Å². The van der Waals surface area contributed by atoms with Gasteiger partial charge in [-0.2, -0.15) is 0 Å². The standard InChI is InChI=1S/C4H13OSi2/c1-6(2)7(3,4)5/h6H,1-4H3. The minimum Gasteiger partial charge on any atom is -0.302 e. The average molecular weight is 133 g/mol. The minimum atomic E-state index is -1.85. The van der Waals surface area contributed by atoms with Crippen LogP contribution in [0.4, 0.5) is 0 Å². The minimum absolute atomic E-state index is 0.775. The molecule has 0 fully saturated rings. The molecule has 0 saturated carbocycles. The summed E-state index contributed by atoms with van der Waals surface area (Å²) in [7, 11) is -2.62. The number of rotatable bonds is 1. The molecule has 0 aliphatic heterocycles. The van der Waals surface area contributed by atoms with E-state index < -0.39 is 16.1 Å². The zero-order valence-electron chi connectivity index (χ0n) is 5.49. The molecule has 0 saturated heterocycles. The van der Waals surface area contributed by atoms with Crippen LogP contribution in [0.5, 0.6) is 0 Å². The van der Waals surface area contributed by atoms with Gasteiger partial charge in [0.25, 0.3) is 0 Å². The van der Waals surface area contributed by atoms with Crippen LogP contribution in [-0.4, -0.2) is 16.1 Å². The molecule has 43 valence electrons. The average Bonchev–Trinajstić information content (AvgIpc) is 1.31. The van der Waals surface area contributed by atoms with Crippen LogP contribution in [0.3, 0.4) is 0 Å². The zero-order valence-corrected chi connectivity index (χ0v) is 7.64. The maximum atomic E-state index is 11.0. The second kappa shape index (κ2) is 2.11. The molecule has 0 aromatic carbocycles. The fourth-order valence-electron chi connectivity index (χ4n) is 0. The molecular formula is C4H13OSi2. The molecular weight excluding hydrogens is 120 g/mol. The van der Waals surface area contributed by atoms with E-state index in [0.717, 1.165) is 0 Å². The Bertz CT molecular complexity index is 55.2. The van der Waals surface area contributed by atoms with Gasteiger partial charge in [-0.3, -0.25) is 0 Å². The third-order valence-corrected chi connectivity index (χ3v) is 12.5. The highest BCUT2D eigenvalue weighted by Crippen LogP contribution is 2.00. The molecule has 0 unspecified atom stereocenters. The van der Waals surface area contributed by atoms with E-state index >= 15 is 0 Å². The summed E-state index contributed by atoms with van der Waals surface area (Å²) in [6.07, 6.45) is 0. The van der Waals surface area contributed by atoms with Crippen molar-refractivity contribution in [3.63, 3.8) is 0 Å². The maximum Gasteiger partial charge on any atom is 0.214 e. The highest BCUT2D eigenvalue weighted by atomic mass is 29.2. The van der Waals surface area contributed by atoms with Gasteiger partial charge in [-0.1, -0.05) is 13.1 Å². The predicted octanol–water partition coefficient (Wildman–Crippen LogP) is 1.19. The molecule has 0 bridgehead atoms. The van der Waals surface area contributed by atoms with Crippen molar-refractivity contribution in [2.24, 2.45) is 0 Å². The highest BCUT2D eigenvalue weighted by molar-refractivity contribution is 7.27. The molecule has 0 aromatic rings. The summed E-state index contributed by atoms with van der Waals surface area (Å²) in [6, 6.07) is 0. The summed E-state index contributed by atoms with van der Waals surface area (Å²) >= 11 is 0. The van der Waals surface area contributed by atoms with E-state index in [1.807, 2.05) is 13.1 Å². The van der Waals surface area contributed by atoms with E-state index in [4.69, 9.17) is 0 Å². The highest BCUT2D eigenvalue weighted by Gasteiger charge is 2.24. The third-order valence-electron chi connectivity index (χ3n) is 1.39. The van der Waals surface area contributed by atoms with E-state index in [-0.39, 0.29) is 0 Å². The van der Waals surface area contributed by atoms with Gasteiger partial charge in [0.1, 0.15) is 0 Å². The molecule has 0 amide bonds. The lowest BCUT2D eigenvalue weighted by Gasteiger charge is -2.12. The Balaban J connectivity index is 3.54. The molecule has 1 radical (unpaired) electrons. The van der Waals surface area contributed by atoms with E-state index in [1.165, 1.54) is 0 Å². The van der Waals surface area contributed by atoms with Gasteiger partial charge in [0.05, 0.1) is 8.31 Å². The molecule has 0 aliphatic carbocycles. The van der Waals surface area contributed by atoms with Crippen molar-refractivity contribution < 1.29 is 4.80 Å². The van der Waals surface area contributed by atoms with E-state index in [2.05, 4.69) is 13.1 Å². The van der Waals surface area contributed by atoms with Gasteiger partial charge in [-0.05, 0) is 13.1 Å². The topological polar surface area (TPSA) is 19.9 Å². The monoisotopic (exact) mass is 133 g/mol. The number of hydrogen-bond acceptors (Lipinski definition) is 0. The van der Waals surface area contributed by atoms with Crippen LogP contribution in [0.15, 0.2) is 0 Å². The maximum absolute atomic E-state index is 11.0. The molecule has 0 aromatic heterocycles. The Labute approximate surface area is 47.9 Å². The summed E-state index contributed by atoms with van der Waals surface area (Å²) < 4.78 is 0. The summed E-state index contributed by atoms with van der Waals surface area (Å²) in [6.45, 7) is 8.09. The van der Waals surface area contributed by atoms with Crippen molar-refractivity contribution in [3.8, 4) is 0 Å². The summed E-state index contributed by atoms with van der Waals surface area (Å²) in [5.41, 5.74) is 0. The van der Waals surface area contributed by atoms with Crippen molar-refractivity contribution in [1.82, 2.24) is 0 Å². The van der Waals surface area contributed by atoms with E-state index in [1.54, 1.807) is 0 Å². The molecule has 7 heavy (non-hydrogen) atoms. The van der Waals surface area contributed by atoms with Gasteiger partial charge in [-0.15, -0.1) is 0 Å². The molecule has 0 N–H and O–H groups in total. The number of hydrogen-bond donors (Lipinski definition) is 0. The van der Waals surface area contributed by atoms with Gasteiger partial charge < -0.3 is 4.80 Å². The van der Waals surface area contributed by atoms with Crippen molar-refractivity contribution >= 4 is 16.1 Å². The van der Waals surface area contributed by atoms with Crippen molar-refractivity contribution in [1.29, 1.82) is 0 Å². The normalized spacial score (nSPS) is 12.9. The molecule has 0 rings (SSSR count). The van der Waals surface area contributed by atoms with Crippen molar-refractivity contribution in [2.75, 3.05) is 0 Å². The van der Waals surface area contributed by atoms with Crippen molar-refractivity contribution in [2.45, 2.75) is 26.2 Å². The lowest BCUT2D eigenvalue weighted by molar-refractivity contribution is 0.448. The van der Waals surface area contributed by atoms with Gasteiger partial charge in [0, 0.05) is 0 Å². The zero-order chi connectivity index (χ0) is 6.08. The van der Waals surface area contributed by atoms with Crippen molar-refractivity contribution in [3.05, 3.63) is 0 Å². The van der Waals surface area contributed by atoms with Crippen LogP contribution in [0.25, 0.3) is 0 Å². The fraction of sp³-hybridized carbons (Fsp3) is 1.00. The first-order valence-corrected chi connectivity index (χ1v) is 9.67. The Hall–Kier alpha value is 0.394. The molecule has 0 aliphatic rings. The lowest BCUT2D eigenvalue weighted by atomic mass is 11.9. The molecule has 0 heterocycles. The fourth-order valence-corrected chi connectivity index (χ4v) is 0. The SMILES string of the molecule is C[SiH](C)[Si](C)(C)[O]. The summed E-state index contributed by atoms with van der Waals surface area (Å²) in [5.74, 6) is 0. The Morgan fingerprint density at radius 2 is 1.43 bits per heavy atom. The first-order valence-electron chi connectivity index (χ1n) is 2.65. The molecule has 0 spiro atoms. The Morgan fingerprint density at radius 1 is 1.29 bits per heavy atom. The molecule has 3 heteroatoms. The largest absolute Gasteiger partial charge is 0.302 e. The quantitative estimate of drug-likeness (QED) is 0.479. The van der Waals surface area contributed by atoms with Gasteiger partial charge in [0.15, 0.2) is 0 Å². The summed E-state index contributed by atoms with van der Waals surface area (Å²) in [5, 5.41) is 0. The van der Waals surface area contributed by atoms with Crippen LogP contribution >= 0.6 is 0 Å². The first-order chi connectivity index (χ1) is 2.94. The molecule has 0 atom stereocenters. The van der Waals surface area contributed by atoms with Crippen LogP contribution in [-0.2, 0) is 4.80 Å². The van der Waals surface area contributed by atoms with Gasteiger partial charge in [-0.25, -0.2) is 0 Å². The van der Waals surface area contributed by atoms with E-state index in [0.29, 0.717) is 0 Å². The molecule has 1 nitrogen and oxygen atoms in total. The summed E-state index contributed by atoms with van der Waals surface area (Å²) in [4.78, 5) is 11.0. The smallest absolute Gasteiger partial charge is 0.214 e. The van der Waals surface area contributed by atoms with Gasteiger partial charge in [0.2, 0.25) is 7.83 Å². The first kappa shape index (κ1) is 7.39. The van der Waals surface area contributed by atoms with Gasteiger partial charge >= 0.3 is 0 Å². The van der Waals surface area contributed by atoms with Crippen LogP contribution in [0.2, 0.25) is 26.2 Å². The Morgan fingerprint density at radius 3 is 1.43 bits per heavy atom. The predicted molar refractivity (Wildman–Crippen MR) is 37.0 cm³/mol. The second-order valence-electron chi connectivity index (χ2n) is 2.76. The second-order valence-corrected chi connectivity index (χ2v) is 15.9. The van der Waals surface area contributed by atoms with Crippen LogP contribution < -0.4 is 0 Å². The van der Waals surface area contributed by atoms with E-state index in [9.17, 15) is 4.80 Å². The lowest BCUT2D eigenvalue weighted by Crippen LogP contribution is -2.39. The van der Waals surface area contributed by atoms with Crippen LogP contribution in [0.1, 0.15) is 0 Å².